The van der Waals surface area contributed by atoms with Crippen LogP contribution >= 0.6 is 0 Å². The molecule has 0 unspecified atom stereocenters. The minimum absolute atomic E-state index is 0.0922. The Hall–Kier alpha value is -2.37. The van der Waals surface area contributed by atoms with Crippen LogP contribution in [0.3, 0.4) is 0 Å². The second-order valence-electron chi connectivity index (χ2n) is 4.44. The molecular formula is C15H19N3O3. The van der Waals surface area contributed by atoms with Crippen LogP contribution in [-0.4, -0.2) is 29.7 Å². The van der Waals surface area contributed by atoms with E-state index >= 15 is 0 Å². The van der Waals surface area contributed by atoms with Crippen molar-refractivity contribution in [3.63, 3.8) is 0 Å². The summed E-state index contributed by atoms with van der Waals surface area (Å²) in [5.41, 5.74) is 0.742. The lowest BCUT2D eigenvalue weighted by atomic mass is 10.2. The number of carbonyl (C=O) groups excluding carboxylic acids is 1. The maximum atomic E-state index is 12.5. The summed E-state index contributed by atoms with van der Waals surface area (Å²) in [7, 11) is 1.59. The summed E-state index contributed by atoms with van der Waals surface area (Å²) in [5.74, 6) is 1.52. The first-order valence-corrected chi connectivity index (χ1v) is 6.94. The van der Waals surface area contributed by atoms with E-state index < -0.39 is 0 Å². The van der Waals surface area contributed by atoms with Gasteiger partial charge in [0.25, 0.3) is 0 Å². The molecule has 6 heteroatoms. The number of anilines is 1. The lowest BCUT2D eigenvalue weighted by Gasteiger charge is -2.22. The number of ether oxygens (including phenoxy) is 1. The molecule has 0 aliphatic heterocycles. The van der Waals surface area contributed by atoms with E-state index in [1.165, 1.54) is 0 Å². The second-order valence-corrected chi connectivity index (χ2v) is 4.44. The summed E-state index contributed by atoms with van der Waals surface area (Å²) in [6.45, 7) is 4.38. The van der Waals surface area contributed by atoms with Gasteiger partial charge in [0.1, 0.15) is 5.75 Å². The number of likely N-dealkylation sites (N-methyl/N-ethyl adjacent to an activating group) is 1. The molecule has 0 atom stereocenters. The Morgan fingerprint density at radius 3 is 2.71 bits per heavy atom. The van der Waals surface area contributed by atoms with Gasteiger partial charge in [0.15, 0.2) is 5.82 Å². The third-order valence-corrected chi connectivity index (χ3v) is 3.12. The van der Waals surface area contributed by atoms with Gasteiger partial charge in [-0.05, 0) is 19.1 Å². The monoisotopic (exact) mass is 289 g/mol. The number of hydrogen-bond acceptors (Lipinski definition) is 5. The molecule has 2 aromatic rings. The molecule has 1 aromatic carbocycles. The average Bonchev–Trinajstić information content (AvgIpc) is 2.96. The highest BCUT2D eigenvalue weighted by atomic mass is 16.5. The number of aromatic nitrogens is 2. The average molecular weight is 289 g/mol. The third kappa shape index (κ3) is 3.39. The largest absolute Gasteiger partial charge is 0.495 e. The molecule has 112 valence electrons. The predicted octanol–water partition coefficient (Wildman–Crippen LogP) is 2.24. The molecule has 0 aliphatic carbocycles. The molecule has 1 aromatic heterocycles. The van der Waals surface area contributed by atoms with Gasteiger partial charge < -0.3 is 14.2 Å². The number of methoxy groups -OCH3 is 1. The molecule has 0 bridgehead atoms. The highest BCUT2D eigenvalue weighted by Gasteiger charge is 2.20. The molecule has 0 saturated heterocycles. The Morgan fingerprint density at radius 1 is 1.33 bits per heavy atom. The summed E-state index contributed by atoms with van der Waals surface area (Å²) >= 11 is 0. The summed E-state index contributed by atoms with van der Waals surface area (Å²) in [4.78, 5) is 18.3. The molecular weight excluding hydrogens is 270 g/mol. The van der Waals surface area contributed by atoms with Crippen molar-refractivity contribution in [2.75, 3.05) is 18.6 Å². The molecule has 0 aliphatic rings. The predicted molar refractivity (Wildman–Crippen MR) is 78.4 cm³/mol. The van der Waals surface area contributed by atoms with Gasteiger partial charge >= 0.3 is 0 Å². The highest BCUT2D eigenvalue weighted by Crippen LogP contribution is 2.27. The van der Waals surface area contributed by atoms with Crippen LogP contribution in [0.1, 0.15) is 25.6 Å². The molecule has 0 radical (unpaired) electrons. The number of aryl methyl sites for hydroxylation is 1. The first-order chi connectivity index (χ1) is 10.2. The highest BCUT2D eigenvalue weighted by molar-refractivity contribution is 5.95. The Labute approximate surface area is 123 Å². The zero-order valence-electron chi connectivity index (χ0n) is 12.5. The van der Waals surface area contributed by atoms with E-state index in [1.807, 2.05) is 38.1 Å². The van der Waals surface area contributed by atoms with E-state index in [0.29, 0.717) is 30.4 Å². The number of benzene rings is 1. The molecule has 1 heterocycles. The standard InChI is InChI=1S/C15H19N3O3/c1-4-14-16-13(17-21-14)10-15(19)18(5-2)11-8-6-7-9-12(11)20-3/h6-9H,4-5,10H2,1-3H3. The van der Waals surface area contributed by atoms with E-state index in [9.17, 15) is 4.79 Å². The Bertz CT molecular complexity index is 610. The Balaban J connectivity index is 2.18. The van der Waals surface area contributed by atoms with Crippen molar-refractivity contribution in [2.24, 2.45) is 0 Å². The van der Waals surface area contributed by atoms with Crippen molar-refractivity contribution >= 4 is 11.6 Å². The summed E-state index contributed by atoms with van der Waals surface area (Å²) in [6.07, 6.45) is 0.764. The van der Waals surface area contributed by atoms with Crippen LogP contribution in [-0.2, 0) is 17.6 Å². The van der Waals surface area contributed by atoms with E-state index in [-0.39, 0.29) is 12.3 Å². The van der Waals surface area contributed by atoms with Gasteiger partial charge in [-0.2, -0.15) is 4.98 Å². The van der Waals surface area contributed by atoms with Crippen LogP contribution in [0.15, 0.2) is 28.8 Å². The molecule has 0 fully saturated rings. The number of para-hydroxylation sites is 2. The van der Waals surface area contributed by atoms with Crippen molar-refractivity contribution in [3.05, 3.63) is 36.0 Å². The van der Waals surface area contributed by atoms with Gasteiger partial charge in [0.2, 0.25) is 11.8 Å². The number of hydrogen-bond donors (Lipinski definition) is 0. The van der Waals surface area contributed by atoms with Crippen LogP contribution in [0.25, 0.3) is 0 Å². The number of nitrogens with zero attached hydrogens (tertiary/aromatic N) is 3. The summed E-state index contributed by atoms with van der Waals surface area (Å²) in [5, 5.41) is 3.82. The normalized spacial score (nSPS) is 10.4. The molecule has 0 saturated carbocycles. The molecule has 21 heavy (non-hydrogen) atoms. The number of rotatable bonds is 6. The lowest BCUT2D eigenvalue weighted by Crippen LogP contribution is -2.32. The first-order valence-electron chi connectivity index (χ1n) is 6.94. The Kier molecular flexibility index (Phi) is 4.92. The Morgan fingerprint density at radius 2 is 2.10 bits per heavy atom. The lowest BCUT2D eigenvalue weighted by molar-refractivity contribution is -0.118. The van der Waals surface area contributed by atoms with Crippen LogP contribution in [0, 0.1) is 0 Å². The molecule has 1 amide bonds. The van der Waals surface area contributed by atoms with E-state index in [2.05, 4.69) is 10.1 Å². The minimum Gasteiger partial charge on any atom is -0.495 e. The van der Waals surface area contributed by atoms with Gasteiger partial charge in [-0.25, -0.2) is 0 Å². The summed E-state index contributed by atoms with van der Waals surface area (Å²) < 4.78 is 10.3. The topological polar surface area (TPSA) is 68.5 Å². The first kappa shape index (κ1) is 15.0. The van der Waals surface area contributed by atoms with E-state index in [4.69, 9.17) is 9.26 Å². The SMILES string of the molecule is CCc1nc(CC(=O)N(CC)c2ccccc2OC)no1. The van der Waals surface area contributed by atoms with Gasteiger partial charge in [0.05, 0.1) is 19.2 Å². The zero-order chi connectivity index (χ0) is 15.2. The third-order valence-electron chi connectivity index (χ3n) is 3.12. The molecule has 2 rings (SSSR count). The number of carbonyl (C=O) groups is 1. The summed E-state index contributed by atoms with van der Waals surface area (Å²) in [6, 6.07) is 7.42. The van der Waals surface area contributed by atoms with Crippen LogP contribution in [0.4, 0.5) is 5.69 Å². The fourth-order valence-corrected chi connectivity index (χ4v) is 2.07. The molecule has 0 N–H and O–H groups in total. The fraction of sp³-hybridized carbons (Fsp3) is 0.400. The fourth-order valence-electron chi connectivity index (χ4n) is 2.07. The van der Waals surface area contributed by atoms with E-state index in [1.54, 1.807) is 12.0 Å². The van der Waals surface area contributed by atoms with Crippen molar-refractivity contribution in [1.29, 1.82) is 0 Å². The maximum Gasteiger partial charge on any atom is 0.234 e. The second kappa shape index (κ2) is 6.88. The molecule has 6 nitrogen and oxygen atoms in total. The van der Waals surface area contributed by atoms with Crippen molar-refractivity contribution < 1.29 is 14.1 Å². The van der Waals surface area contributed by atoms with Crippen LogP contribution in [0.2, 0.25) is 0 Å². The van der Waals surface area contributed by atoms with Crippen LogP contribution in [0.5, 0.6) is 5.75 Å². The molecule has 0 spiro atoms. The quantitative estimate of drug-likeness (QED) is 0.815. The smallest absolute Gasteiger partial charge is 0.234 e. The minimum atomic E-state index is -0.0922. The van der Waals surface area contributed by atoms with E-state index in [0.717, 1.165) is 5.69 Å². The van der Waals surface area contributed by atoms with Gasteiger partial charge in [-0.15, -0.1) is 0 Å². The van der Waals surface area contributed by atoms with Gasteiger partial charge in [0, 0.05) is 13.0 Å². The van der Waals surface area contributed by atoms with Gasteiger partial charge in [-0.3, -0.25) is 4.79 Å². The zero-order valence-corrected chi connectivity index (χ0v) is 12.5. The van der Waals surface area contributed by atoms with Gasteiger partial charge in [-0.1, -0.05) is 24.2 Å². The number of amides is 1. The maximum absolute atomic E-state index is 12.5. The van der Waals surface area contributed by atoms with Crippen molar-refractivity contribution in [3.8, 4) is 5.75 Å². The van der Waals surface area contributed by atoms with Crippen LogP contribution < -0.4 is 9.64 Å². The van der Waals surface area contributed by atoms with Crippen molar-refractivity contribution in [1.82, 2.24) is 10.1 Å². The van der Waals surface area contributed by atoms with Crippen molar-refractivity contribution in [2.45, 2.75) is 26.7 Å².